The minimum Gasteiger partial charge on any atom is -0.299 e. The molecule has 1 aromatic rings. The average molecular weight is 509 g/mol. The number of carbonyl (C=O) groups is 3. The van der Waals surface area contributed by atoms with Crippen LogP contribution in [0, 0.1) is 17.3 Å². The van der Waals surface area contributed by atoms with E-state index in [1.807, 2.05) is 19.1 Å². The summed E-state index contributed by atoms with van der Waals surface area (Å²) < 4.78 is 0. The molecule has 0 bridgehead atoms. The predicted octanol–water partition coefficient (Wildman–Crippen LogP) is 8.85. The fourth-order valence-corrected chi connectivity index (χ4v) is 5.88. The van der Waals surface area contributed by atoms with E-state index in [4.69, 9.17) is 0 Å². The van der Waals surface area contributed by atoms with Gasteiger partial charge in [0.25, 0.3) is 0 Å². The molecule has 0 spiro atoms. The van der Waals surface area contributed by atoms with Crippen molar-refractivity contribution in [2.45, 2.75) is 105 Å². The highest BCUT2D eigenvalue weighted by atomic mass is 16.1. The number of ketones is 3. The molecule has 0 radical (unpaired) electrons. The van der Waals surface area contributed by atoms with Crippen molar-refractivity contribution in [1.82, 2.24) is 0 Å². The van der Waals surface area contributed by atoms with Gasteiger partial charge < -0.3 is 0 Å². The van der Waals surface area contributed by atoms with Crippen molar-refractivity contribution in [2.75, 3.05) is 0 Å². The monoisotopic (exact) mass is 508 g/mol. The third-order valence-electron chi connectivity index (χ3n) is 8.84. The Kier molecular flexibility index (Phi) is 10.9. The molecule has 1 saturated carbocycles. The second-order valence-corrected chi connectivity index (χ2v) is 11.3. The Morgan fingerprint density at radius 1 is 0.973 bits per heavy atom. The van der Waals surface area contributed by atoms with E-state index in [0.29, 0.717) is 31.5 Å². The number of carbonyl (C=O) groups excluding carboxylic acids is 3. The Bertz CT molecular complexity index is 1040. The van der Waals surface area contributed by atoms with Crippen LogP contribution >= 0.6 is 0 Å². The van der Waals surface area contributed by atoms with Crippen LogP contribution in [0.3, 0.4) is 0 Å². The van der Waals surface area contributed by atoms with Gasteiger partial charge in [-0.2, -0.15) is 0 Å². The maximum absolute atomic E-state index is 13.8. The normalized spacial score (nSPS) is 22.5. The van der Waals surface area contributed by atoms with E-state index in [9.17, 15) is 14.4 Å². The summed E-state index contributed by atoms with van der Waals surface area (Å²) in [7, 11) is 0. The first-order chi connectivity index (χ1) is 17.8. The van der Waals surface area contributed by atoms with Crippen LogP contribution in [-0.4, -0.2) is 17.3 Å². The topological polar surface area (TPSA) is 51.2 Å². The highest BCUT2D eigenvalue weighted by Gasteiger charge is 2.42. The summed E-state index contributed by atoms with van der Waals surface area (Å²) in [4.78, 5) is 39.6. The van der Waals surface area contributed by atoms with Gasteiger partial charge in [0.15, 0.2) is 0 Å². The molecule has 206 valence electrons. The Balaban J connectivity index is 0.00000507. The molecule has 0 aliphatic heterocycles. The molecule has 3 nitrogen and oxygen atoms in total. The zero-order valence-electron chi connectivity index (χ0n) is 23.5. The minimum atomic E-state index is -0.479. The molecular formula is C34H52O3. The van der Waals surface area contributed by atoms with Gasteiger partial charge in [0.05, 0.1) is 0 Å². The molecule has 1 aromatic carbocycles. The van der Waals surface area contributed by atoms with Crippen molar-refractivity contribution in [3.63, 3.8) is 0 Å². The standard InChI is InChI=1S/C34H46O3.3H2/c1-5-25(3)33(37)30-18-21-34(22-19-30,32(36)17-16-29-11-9-7-8-10-26(29)4)23-20-31(35)24-28-14-12-27(6-2)13-15-28;;;/h8-15,25,30H,5-7,16-24H2,1-4H3;3*1H. The van der Waals surface area contributed by atoms with Gasteiger partial charge in [-0.05, 0) is 87.0 Å². The van der Waals surface area contributed by atoms with Crippen LogP contribution in [-0.2, 0) is 27.2 Å². The molecule has 1 unspecified atom stereocenters. The number of allylic oxidation sites excluding steroid dienone is 6. The molecule has 0 saturated heterocycles. The number of rotatable bonds is 13. The van der Waals surface area contributed by atoms with Crippen molar-refractivity contribution >= 4 is 17.3 Å². The van der Waals surface area contributed by atoms with Crippen molar-refractivity contribution in [3.05, 3.63) is 70.8 Å². The molecular weight excluding hydrogens is 456 g/mol. The summed E-state index contributed by atoms with van der Waals surface area (Å²) in [5.74, 6) is 0.974. The van der Waals surface area contributed by atoms with Gasteiger partial charge in [0.1, 0.15) is 17.3 Å². The first-order valence-electron chi connectivity index (χ1n) is 14.5. The van der Waals surface area contributed by atoms with Gasteiger partial charge >= 0.3 is 0 Å². The minimum absolute atomic E-state index is 0. The van der Waals surface area contributed by atoms with Crippen molar-refractivity contribution < 1.29 is 18.7 Å². The smallest absolute Gasteiger partial charge is 0.139 e. The second-order valence-electron chi connectivity index (χ2n) is 11.3. The van der Waals surface area contributed by atoms with E-state index in [0.717, 1.165) is 56.9 Å². The third kappa shape index (κ3) is 7.97. The van der Waals surface area contributed by atoms with Gasteiger partial charge in [-0.1, -0.05) is 69.3 Å². The Morgan fingerprint density at radius 3 is 2.27 bits per heavy atom. The Labute approximate surface area is 229 Å². The summed E-state index contributed by atoms with van der Waals surface area (Å²) in [6.45, 7) is 8.32. The van der Waals surface area contributed by atoms with Gasteiger partial charge in [0.2, 0.25) is 0 Å². The largest absolute Gasteiger partial charge is 0.299 e. The predicted molar refractivity (Wildman–Crippen MR) is 159 cm³/mol. The van der Waals surface area contributed by atoms with Crippen LogP contribution < -0.4 is 0 Å². The lowest BCUT2D eigenvalue weighted by atomic mass is 9.63. The summed E-state index contributed by atoms with van der Waals surface area (Å²) in [6, 6.07) is 8.29. The van der Waals surface area contributed by atoms with Crippen LogP contribution in [0.1, 0.15) is 107 Å². The zero-order valence-corrected chi connectivity index (χ0v) is 23.5. The van der Waals surface area contributed by atoms with E-state index in [1.54, 1.807) is 0 Å². The fraction of sp³-hybridized carbons (Fsp3) is 0.559. The van der Waals surface area contributed by atoms with Crippen LogP contribution in [0.2, 0.25) is 0 Å². The molecule has 2 aliphatic carbocycles. The lowest BCUT2D eigenvalue weighted by molar-refractivity contribution is -0.136. The molecule has 0 amide bonds. The maximum atomic E-state index is 13.8. The first-order valence-corrected chi connectivity index (χ1v) is 14.5. The van der Waals surface area contributed by atoms with E-state index in [-0.39, 0.29) is 27.7 Å². The van der Waals surface area contributed by atoms with E-state index in [1.165, 1.54) is 16.7 Å². The van der Waals surface area contributed by atoms with Crippen LogP contribution in [0.4, 0.5) is 0 Å². The highest BCUT2D eigenvalue weighted by molar-refractivity contribution is 5.88. The molecule has 0 aromatic heterocycles. The number of benzene rings is 1. The summed E-state index contributed by atoms with van der Waals surface area (Å²) in [6.07, 6.45) is 17.1. The second kappa shape index (κ2) is 13.8. The summed E-state index contributed by atoms with van der Waals surface area (Å²) in [5.41, 5.74) is 4.29. The first kappa shape index (κ1) is 29.0. The van der Waals surface area contributed by atoms with Crippen LogP contribution in [0.15, 0.2) is 59.7 Å². The lowest BCUT2D eigenvalue weighted by Crippen LogP contribution is -2.38. The van der Waals surface area contributed by atoms with Crippen LogP contribution in [0.25, 0.3) is 0 Å². The van der Waals surface area contributed by atoms with E-state index in [2.05, 4.69) is 57.2 Å². The molecule has 3 rings (SSSR count). The molecule has 2 aliphatic rings. The lowest BCUT2D eigenvalue weighted by Gasteiger charge is -2.39. The number of Topliss-reactive ketones (excluding diaryl/α,β-unsaturated/α-hetero) is 3. The highest BCUT2D eigenvalue weighted by Crippen LogP contribution is 2.45. The van der Waals surface area contributed by atoms with Crippen LogP contribution in [0.5, 0.6) is 0 Å². The number of hydrogen-bond acceptors (Lipinski definition) is 3. The molecule has 37 heavy (non-hydrogen) atoms. The Hall–Kier alpha value is -2.55. The molecule has 0 heterocycles. The van der Waals surface area contributed by atoms with Gasteiger partial charge in [-0.25, -0.2) is 0 Å². The van der Waals surface area contributed by atoms with Gasteiger partial charge in [-0.3, -0.25) is 14.4 Å². The fourth-order valence-electron chi connectivity index (χ4n) is 5.88. The SMILES string of the molecule is CCc1ccc(CC(=O)CCC2(C(=O)CCC3=C(C)C=CCC=C3)CCC(C(=O)C(C)CC)CC2)cc1.[HH].[HH].[HH]. The summed E-state index contributed by atoms with van der Waals surface area (Å²) >= 11 is 0. The van der Waals surface area contributed by atoms with Crippen molar-refractivity contribution in [1.29, 1.82) is 0 Å². The van der Waals surface area contributed by atoms with Gasteiger partial charge in [-0.15, -0.1) is 0 Å². The Morgan fingerprint density at radius 2 is 1.62 bits per heavy atom. The maximum Gasteiger partial charge on any atom is 0.139 e. The van der Waals surface area contributed by atoms with Gasteiger partial charge in [0, 0.05) is 40.8 Å². The van der Waals surface area contributed by atoms with E-state index < -0.39 is 5.41 Å². The summed E-state index contributed by atoms with van der Waals surface area (Å²) in [5, 5.41) is 0. The number of aryl methyl sites for hydroxylation is 1. The molecule has 0 N–H and O–H groups in total. The molecule has 1 fully saturated rings. The molecule has 1 atom stereocenters. The van der Waals surface area contributed by atoms with Crippen molar-refractivity contribution in [3.8, 4) is 0 Å². The van der Waals surface area contributed by atoms with Crippen molar-refractivity contribution in [2.24, 2.45) is 17.3 Å². The third-order valence-corrected chi connectivity index (χ3v) is 8.84. The van der Waals surface area contributed by atoms with E-state index >= 15 is 0 Å². The average Bonchev–Trinajstić information content (AvgIpc) is 3.13. The zero-order chi connectivity index (χ0) is 26.8. The quantitative estimate of drug-likeness (QED) is 0.267. The molecule has 3 heteroatoms. The number of hydrogen-bond donors (Lipinski definition) is 0.